The predicted octanol–water partition coefficient (Wildman–Crippen LogP) is 4.48. The average Bonchev–Trinajstić information content (AvgIpc) is 3.26. The molecule has 0 saturated carbocycles. The number of ether oxygens (including phenoxy) is 2. The molecule has 9 heteroatoms. The van der Waals surface area contributed by atoms with Crippen molar-refractivity contribution in [2.75, 3.05) is 19.5 Å². The average molecular weight is 419 g/mol. The van der Waals surface area contributed by atoms with Gasteiger partial charge in [-0.25, -0.2) is 4.68 Å². The molecule has 3 rings (SSSR count). The van der Waals surface area contributed by atoms with Gasteiger partial charge in [-0.3, -0.25) is 4.79 Å². The van der Waals surface area contributed by atoms with Gasteiger partial charge >= 0.3 is 6.18 Å². The summed E-state index contributed by atoms with van der Waals surface area (Å²) >= 11 is 0. The third-order valence-electron chi connectivity index (χ3n) is 4.46. The number of aromatic nitrogens is 2. The highest BCUT2D eigenvalue weighted by Crippen LogP contribution is 2.33. The number of halogens is 3. The topological polar surface area (TPSA) is 65.4 Å². The molecule has 0 atom stereocenters. The Morgan fingerprint density at radius 1 is 1.13 bits per heavy atom. The van der Waals surface area contributed by atoms with Crippen LogP contribution in [0.3, 0.4) is 0 Å². The number of rotatable bonds is 7. The van der Waals surface area contributed by atoms with Gasteiger partial charge < -0.3 is 14.8 Å². The number of alkyl halides is 3. The highest BCUT2D eigenvalue weighted by molar-refractivity contribution is 5.93. The second-order valence-corrected chi connectivity index (χ2v) is 6.41. The number of nitrogens with one attached hydrogen (secondary N) is 1. The Hall–Kier alpha value is -3.49. The molecular weight excluding hydrogens is 399 g/mol. The lowest BCUT2D eigenvalue weighted by Crippen LogP contribution is -2.16. The Bertz CT molecular complexity index is 1020. The van der Waals surface area contributed by atoms with Gasteiger partial charge in [0.2, 0.25) is 5.91 Å². The van der Waals surface area contributed by atoms with Crippen molar-refractivity contribution in [2.45, 2.75) is 19.0 Å². The fourth-order valence-electron chi connectivity index (χ4n) is 2.96. The van der Waals surface area contributed by atoms with Gasteiger partial charge in [-0.2, -0.15) is 18.3 Å². The first-order valence-electron chi connectivity index (χ1n) is 9.04. The SMILES string of the molecule is COc1ccc(OC)c(CCC(=O)Nc2cc(C(F)(F)F)ccc2-n2cccn2)c1. The molecule has 0 fully saturated rings. The van der Waals surface area contributed by atoms with Crippen LogP contribution in [-0.4, -0.2) is 29.9 Å². The van der Waals surface area contributed by atoms with E-state index in [0.717, 1.165) is 17.7 Å². The van der Waals surface area contributed by atoms with Crippen LogP contribution in [0.5, 0.6) is 11.5 Å². The molecule has 0 aliphatic heterocycles. The number of hydrogen-bond donors (Lipinski definition) is 1. The van der Waals surface area contributed by atoms with Gasteiger partial charge in [-0.05, 0) is 54.4 Å². The van der Waals surface area contributed by atoms with E-state index < -0.39 is 17.6 Å². The van der Waals surface area contributed by atoms with E-state index in [9.17, 15) is 18.0 Å². The summed E-state index contributed by atoms with van der Waals surface area (Å²) < 4.78 is 51.3. The van der Waals surface area contributed by atoms with Crippen molar-refractivity contribution < 1.29 is 27.4 Å². The number of carbonyl (C=O) groups is 1. The van der Waals surface area contributed by atoms with Gasteiger partial charge in [0.15, 0.2) is 0 Å². The minimum absolute atomic E-state index is 0.0242. The normalized spacial score (nSPS) is 11.2. The maximum absolute atomic E-state index is 13.1. The highest BCUT2D eigenvalue weighted by atomic mass is 19.4. The van der Waals surface area contributed by atoms with Crippen LogP contribution in [0.4, 0.5) is 18.9 Å². The van der Waals surface area contributed by atoms with Crippen molar-refractivity contribution >= 4 is 11.6 Å². The minimum Gasteiger partial charge on any atom is -0.497 e. The molecule has 158 valence electrons. The van der Waals surface area contributed by atoms with E-state index in [4.69, 9.17) is 9.47 Å². The number of nitrogens with zero attached hydrogens (tertiary/aromatic N) is 2. The fraction of sp³-hybridized carbons (Fsp3) is 0.238. The summed E-state index contributed by atoms with van der Waals surface area (Å²) in [5.74, 6) is 0.776. The number of carbonyl (C=O) groups excluding carboxylic acids is 1. The Labute approximate surface area is 171 Å². The molecule has 0 radical (unpaired) electrons. The third kappa shape index (κ3) is 4.91. The van der Waals surface area contributed by atoms with Crippen molar-refractivity contribution in [3.05, 3.63) is 66.0 Å². The van der Waals surface area contributed by atoms with E-state index in [1.807, 2.05) is 0 Å². The minimum atomic E-state index is -4.53. The number of methoxy groups -OCH3 is 2. The maximum atomic E-state index is 13.1. The molecule has 1 N–H and O–H groups in total. The largest absolute Gasteiger partial charge is 0.497 e. The molecule has 2 aromatic carbocycles. The van der Waals surface area contributed by atoms with E-state index in [-0.39, 0.29) is 12.1 Å². The first kappa shape index (κ1) is 21.2. The second-order valence-electron chi connectivity index (χ2n) is 6.41. The van der Waals surface area contributed by atoms with E-state index in [0.29, 0.717) is 23.6 Å². The maximum Gasteiger partial charge on any atom is 0.416 e. The fourth-order valence-corrected chi connectivity index (χ4v) is 2.96. The summed E-state index contributed by atoms with van der Waals surface area (Å²) in [4.78, 5) is 12.5. The molecule has 1 amide bonds. The van der Waals surface area contributed by atoms with Crippen LogP contribution < -0.4 is 14.8 Å². The van der Waals surface area contributed by atoms with Crippen LogP contribution in [0.15, 0.2) is 54.9 Å². The lowest BCUT2D eigenvalue weighted by Gasteiger charge is -2.15. The van der Waals surface area contributed by atoms with Crippen molar-refractivity contribution in [3.8, 4) is 17.2 Å². The molecule has 3 aromatic rings. The molecule has 0 aliphatic rings. The van der Waals surface area contributed by atoms with Crippen molar-refractivity contribution in [1.29, 1.82) is 0 Å². The second kappa shape index (κ2) is 8.89. The summed E-state index contributed by atoms with van der Waals surface area (Å²) in [7, 11) is 3.05. The van der Waals surface area contributed by atoms with E-state index in [1.54, 1.807) is 30.5 Å². The molecule has 0 spiro atoms. The zero-order valence-electron chi connectivity index (χ0n) is 16.4. The Morgan fingerprint density at radius 3 is 2.57 bits per heavy atom. The number of benzene rings is 2. The Balaban J connectivity index is 1.81. The number of amides is 1. The van der Waals surface area contributed by atoms with E-state index in [1.165, 1.54) is 31.2 Å². The monoisotopic (exact) mass is 419 g/mol. The van der Waals surface area contributed by atoms with Gasteiger partial charge in [0.1, 0.15) is 11.5 Å². The van der Waals surface area contributed by atoms with Gasteiger partial charge in [0.25, 0.3) is 0 Å². The molecular formula is C21H20F3N3O3. The molecule has 1 heterocycles. The molecule has 0 bridgehead atoms. The molecule has 0 aliphatic carbocycles. The predicted molar refractivity (Wildman–Crippen MR) is 105 cm³/mol. The number of hydrogen-bond acceptors (Lipinski definition) is 4. The standard InChI is InChI=1S/C21H20F3N3O3/c1-29-16-6-8-19(30-2)14(12-16)4-9-20(28)26-17-13-15(21(22,23)24)5-7-18(17)27-11-3-10-25-27/h3,5-8,10-13H,4,9H2,1-2H3,(H,26,28). The molecule has 6 nitrogen and oxygen atoms in total. The van der Waals surface area contributed by atoms with Crippen LogP contribution in [0, 0.1) is 0 Å². The third-order valence-corrected chi connectivity index (χ3v) is 4.46. The molecule has 1 aromatic heterocycles. The molecule has 30 heavy (non-hydrogen) atoms. The van der Waals surface area contributed by atoms with Crippen LogP contribution in [-0.2, 0) is 17.4 Å². The first-order valence-corrected chi connectivity index (χ1v) is 9.04. The number of aryl methyl sites for hydroxylation is 1. The summed E-state index contributed by atoms with van der Waals surface area (Å²) in [6.07, 6.45) is -1.09. The lowest BCUT2D eigenvalue weighted by molar-refractivity contribution is -0.137. The summed E-state index contributed by atoms with van der Waals surface area (Å²) in [6, 6.07) is 9.99. The summed E-state index contributed by atoms with van der Waals surface area (Å²) in [5.41, 5.74) is 0.253. The van der Waals surface area contributed by atoms with Crippen LogP contribution in [0.25, 0.3) is 5.69 Å². The van der Waals surface area contributed by atoms with Crippen LogP contribution >= 0.6 is 0 Å². The van der Waals surface area contributed by atoms with Crippen LogP contribution in [0.1, 0.15) is 17.5 Å². The first-order chi connectivity index (χ1) is 14.3. The summed E-state index contributed by atoms with van der Waals surface area (Å²) in [5, 5.41) is 6.61. The van der Waals surface area contributed by atoms with Gasteiger partial charge in [-0.1, -0.05) is 0 Å². The lowest BCUT2D eigenvalue weighted by atomic mass is 10.1. The Morgan fingerprint density at radius 2 is 1.93 bits per heavy atom. The smallest absolute Gasteiger partial charge is 0.416 e. The van der Waals surface area contributed by atoms with Crippen molar-refractivity contribution in [1.82, 2.24) is 9.78 Å². The zero-order chi connectivity index (χ0) is 21.7. The van der Waals surface area contributed by atoms with Crippen molar-refractivity contribution in [2.24, 2.45) is 0 Å². The van der Waals surface area contributed by atoms with Gasteiger partial charge in [-0.15, -0.1) is 0 Å². The molecule has 0 saturated heterocycles. The van der Waals surface area contributed by atoms with E-state index >= 15 is 0 Å². The zero-order valence-corrected chi connectivity index (χ0v) is 16.4. The van der Waals surface area contributed by atoms with Gasteiger partial charge in [0, 0.05) is 18.8 Å². The molecule has 0 unspecified atom stereocenters. The van der Waals surface area contributed by atoms with Crippen LogP contribution in [0.2, 0.25) is 0 Å². The highest BCUT2D eigenvalue weighted by Gasteiger charge is 2.31. The summed E-state index contributed by atoms with van der Waals surface area (Å²) in [6.45, 7) is 0. The quantitative estimate of drug-likeness (QED) is 0.613. The van der Waals surface area contributed by atoms with E-state index in [2.05, 4.69) is 10.4 Å². The van der Waals surface area contributed by atoms with Crippen molar-refractivity contribution in [3.63, 3.8) is 0 Å². The van der Waals surface area contributed by atoms with Gasteiger partial charge in [0.05, 0.1) is 31.2 Å². The Kier molecular flexibility index (Phi) is 6.29. The number of anilines is 1.